The van der Waals surface area contributed by atoms with Gasteiger partial charge in [0.25, 0.3) is 5.91 Å². The first-order chi connectivity index (χ1) is 15.4. The Balaban J connectivity index is 1.94. The third-order valence-electron chi connectivity index (χ3n) is 5.41. The van der Waals surface area contributed by atoms with Gasteiger partial charge in [-0.05, 0) is 24.6 Å². The topological polar surface area (TPSA) is 80.7 Å². The number of hydrogen-bond acceptors (Lipinski definition) is 6. The summed E-state index contributed by atoms with van der Waals surface area (Å²) in [5.74, 6) is 0.746. The Hall–Kier alpha value is -3.39. The van der Waals surface area contributed by atoms with Gasteiger partial charge in [-0.15, -0.1) is 0 Å². The van der Waals surface area contributed by atoms with Gasteiger partial charge < -0.3 is 19.1 Å². The van der Waals surface area contributed by atoms with Gasteiger partial charge in [0.05, 0.1) is 26.0 Å². The van der Waals surface area contributed by atoms with Crippen molar-refractivity contribution in [1.29, 1.82) is 0 Å². The Kier molecular flexibility index (Phi) is 7.48. The average molecular weight is 440 g/mol. The summed E-state index contributed by atoms with van der Waals surface area (Å²) in [6.45, 7) is 1.84. The van der Waals surface area contributed by atoms with E-state index in [4.69, 9.17) is 14.2 Å². The maximum atomic E-state index is 13.2. The number of methoxy groups -OCH3 is 3. The molecule has 2 aromatic carbocycles. The number of likely N-dealkylation sites (N-methyl/N-ethyl adjacent to an activating group) is 1. The summed E-state index contributed by atoms with van der Waals surface area (Å²) in [6.07, 6.45) is 0.521. The molecule has 1 aliphatic rings. The molecule has 0 aliphatic carbocycles. The number of rotatable bonds is 8. The van der Waals surface area contributed by atoms with E-state index in [9.17, 15) is 9.59 Å². The monoisotopic (exact) mass is 439 g/mol. The number of nitrogens with zero attached hydrogens (tertiary/aromatic N) is 3. The molecule has 0 saturated carbocycles. The summed E-state index contributed by atoms with van der Waals surface area (Å²) in [6, 6.07) is 13.3. The quantitative estimate of drug-likeness (QED) is 0.632. The van der Waals surface area contributed by atoms with Crippen LogP contribution in [0.4, 0.5) is 0 Å². The van der Waals surface area contributed by atoms with Crippen molar-refractivity contribution in [3.8, 4) is 11.5 Å². The first-order valence-corrected chi connectivity index (χ1v) is 10.3. The number of amides is 2. The van der Waals surface area contributed by atoms with Crippen LogP contribution in [-0.4, -0.2) is 69.0 Å². The van der Waals surface area contributed by atoms with Crippen LogP contribution in [0.5, 0.6) is 11.5 Å². The van der Waals surface area contributed by atoms with Gasteiger partial charge in [0, 0.05) is 32.2 Å². The van der Waals surface area contributed by atoms with Crippen molar-refractivity contribution in [2.75, 3.05) is 41.5 Å². The van der Waals surface area contributed by atoms with Crippen LogP contribution in [-0.2, 0) is 14.3 Å². The lowest BCUT2D eigenvalue weighted by molar-refractivity contribution is -0.142. The van der Waals surface area contributed by atoms with Crippen molar-refractivity contribution in [3.63, 3.8) is 0 Å². The summed E-state index contributed by atoms with van der Waals surface area (Å²) >= 11 is 0. The molecule has 170 valence electrons. The molecule has 1 heterocycles. The van der Waals surface area contributed by atoms with E-state index < -0.39 is 0 Å². The number of hydrazone groups is 1. The molecule has 8 nitrogen and oxygen atoms in total. The predicted octanol–water partition coefficient (Wildman–Crippen LogP) is 2.79. The third-order valence-corrected chi connectivity index (χ3v) is 5.41. The first kappa shape index (κ1) is 23.3. The number of ether oxygens (including phenoxy) is 3. The van der Waals surface area contributed by atoms with Gasteiger partial charge in [-0.25, -0.2) is 5.01 Å². The second-order valence-electron chi connectivity index (χ2n) is 7.66. The second kappa shape index (κ2) is 10.3. The number of carbonyl (C=O) groups excluding carboxylic acids is 2. The fourth-order valence-corrected chi connectivity index (χ4v) is 3.59. The van der Waals surface area contributed by atoms with Gasteiger partial charge in [0.2, 0.25) is 5.91 Å². The molecule has 0 bridgehead atoms. The lowest BCUT2D eigenvalue weighted by Crippen LogP contribution is -2.40. The van der Waals surface area contributed by atoms with E-state index in [1.54, 1.807) is 27.3 Å². The Bertz CT molecular complexity index is 1000. The smallest absolute Gasteiger partial charge is 0.262 e. The highest BCUT2D eigenvalue weighted by Crippen LogP contribution is 2.36. The molecule has 0 fully saturated rings. The minimum atomic E-state index is -0.282. The molecule has 2 aromatic rings. The van der Waals surface area contributed by atoms with Crippen molar-refractivity contribution in [3.05, 3.63) is 59.2 Å². The Morgan fingerprint density at radius 3 is 2.44 bits per heavy atom. The van der Waals surface area contributed by atoms with Crippen LogP contribution in [0, 0.1) is 6.92 Å². The maximum Gasteiger partial charge on any atom is 0.262 e. The fraction of sp³-hybridized carbons (Fsp3) is 0.375. The third kappa shape index (κ3) is 5.08. The van der Waals surface area contributed by atoms with Crippen LogP contribution in [0.25, 0.3) is 0 Å². The molecule has 32 heavy (non-hydrogen) atoms. The largest absolute Gasteiger partial charge is 0.497 e. The Morgan fingerprint density at radius 2 is 1.81 bits per heavy atom. The first-order valence-electron chi connectivity index (χ1n) is 10.3. The number of carbonyl (C=O) groups is 2. The maximum absolute atomic E-state index is 13.2. The molecule has 0 saturated heterocycles. The summed E-state index contributed by atoms with van der Waals surface area (Å²) in [4.78, 5) is 26.6. The predicted molar refractivity (Wildman–Crippen MR) is 121 cm³/mol. The van der Waals surface area contributed by atoms with E-state index in [0.717, 1.165) is 22.4 Å². The lowest BCUT2D eigenvalue weighted by atomic mass is 9.97. The Morgan fingerprint density at radius 1 is 1.09 bits per heavy atom. The average Bonchev–Trinajstić information content (AvgIpc) is 3.24. The minimum Gasteiger partial charge on any atom is -0.497 e. The molecule has 0 radical (unpaired) electrons. The van der Waals surface area contributed by atoms with Crippen molar-refractivity contribution in [2.45, 2.75) is 19.4 Å². The van der Waals surface area contributed by atoms with Crippen molar-refractivity contribution >= 4 is 17.5 Å². The molecular weight excluding hydrogens is 410 g/mol. The van der Waals surface area contributed by atoms with Crippen LogP contribution in [0.2, 0.25) is 0 Å². The standard InChI is InChI=1S/C24H29N3O5/c1-16-6-8-17(9-7-16)21-13-20(19-11-10-18(31-4)12-22(19)32-5)25-27(21)23(28)14-26(2)24(29)15-30-3/h6-12,21H,13-15H2,1-5H3/t21-/m0/s1. The molecule has 0 spiro atoms. The number of hydrogen-bond donors (Lipinski definition) is 0. The molecule has 3 rings (SSSR count). The number of benzene rings is 2. The molecule has 1 aliphatic heterocycles. The van der Waals surface area contributed by atoms with Gasteiger partial charge in [-0.2, -0.15) is 5.10 Å². The van der Waals surface area contributed by atoms with Crippen LogP contribution < -0.4 is 9.47 Å². The molecule has 1 atom stereocenters. The summed E-state index contributed by atoms with van der Waals surface area (Å²) in [7, 11) is 6.20. The van der Waals surface area contributed by atoms with E-state index >= 15 is 0 Å². The van der Waals surface area contributed by atoms with Crippen molar-refractivity contribution in [1.82, 2.24) is 9.91 Å². The van der Waals surface area contributed by atoms with Crippen molar-refractivity contribution < 1.29 is 23.8 Å². The van der Waals surface area contributed by atoms with E-state index in [2.05, 4.69) is 5.10 Å². The second-order valence-corrected chi connectivity index (χ2v) is 7.66. The number of aryl methyl sites for hydroxylation is 1. The van der Waals surface area contributed by atoms with Crippen molar-refractivity contribution in [2.24, 2.45) is 5.10 Å². The SMILES string of the molecule is COCC(=O)N(C)CC(=O)N1N=C(c2ccc(OC)cc2OC)C[C@H]1c1ccc(C)cc1. The van der Waals surface area contributed by atoms with E-state index in [1.165, 1.54) is 17.0 Å². The van der Waals surface area contributed by atoms with E-state index in [1.807, 2.05) is 43.3 Å². The highest BCUT2D eigenvalue weighted by atomic mass is 16.5. The van der Waals surface area contributed by atoms with Crippen LogP contribution in [0.1, 0.15) is 29.2 Å². The molecule has 0 unspecified atom stereocenters. The molecule has 2 amide bonds. The molecular formula is C24H29N3O5. The van der Waals surface area contributed by atoms with Gasteiger partial charge in [-0.3, -0.25) is 9.59 Å². The van der Waals surface area contributed by atoms with E-state index in [-0.39, 0.29) is 31.0 Å². The zero-order valence-corrected chi connectivity index (χ0v) is 19.1. The zero-order chi connectivity index (χ0) is 23.3. The lowest BCUT2D eigenvalue weighted by Gasteiger charge is -2.25. The highest BCUT2D eigenvalue weighted by Gasteiger charge is 2.34. The van der Waals surface area contributed by atoms with Gasteiger partial charge in [0.15, 0.2) is 0 Å². The fourth-order valence-electron chi connectivity index (χ4n) is 3.59. The summed E-state index contributed by atoms with van der Waals surface area (Å²) < 4.78 is 15.7. The highest BCUT2D eigenvalue weighted by molar-refractivity contribution is 6.05. The Labute approximate surface area is 188 Å². The van der Waals surface area contributed by atoms with Gasteiger partial charge in [0.1, 0.15) is 24.7 Å². The van der Waals surface area contributed by atoms with Gasteiger partial charge >= 0.3 is 0 Å². The summed E-state index contributed by atoms with van der Waals surface area (Å²) in [5, 5.41) is 6.14. The molecule has 8 heteroatoms. The summed E-state index contributed by atoms with van der Waals surface area (Å²) in [5.41, 5.74) is 3.63. The van der Waals surface area contributed by atoms with E-state index in [0.29, 0.717) is 17.9 Å². The molecule has 0 N–H and O–H groups in total. The molecule has 0 aromatic heterocycles. The van der Waals surface area contributed by atoms with Gasteiger partial charge in [-0.1, -0.05) is 29.8 Å². The van der Waals surface area contributed by atoms with Crippen LogP contribution in [0.15, 0.2) is 47.6 Å². The normalized spacial score (nSPS) is 15.3. The van der Waals surface area contributed by atoms with Crippen LogP contribution >= 0.6 is 0 Å². The minimum absolute atomic E-state index is 0.0806. The zero-order valence-electron chi connectivity index (χ0n) is 19.1. The van der Waals surface area contributed by atoms with Crippen LogP contribution in [0.3, 0.4) is 0 Å².